The molecule has 88 valence electrons. The summed E-state index contributed by atoms with van der Waals surface area (Å²) in [7, 11) is 0. The fourth-order valence-electron chi connectivity index (χ4n) is 1.39. The predicted molar refractivity (Wildman–Crippen MR) is 71.4 cm³/mol. The molecule has 0 N–H and O–H groups in total. The number of hydrogen-bond acceptors (Lipinski definition) is 3. The number of thiazole rings is 1. The number of ketones is 1. The molecule has 0 atom stereocenters. The maximum Gasteiger partial charge on any atom is 0.196 e. The van der Waals surface area contributed by atoms with E-state index in [1.165, 1.54) is 11.3 Å². The summed E-state index contributed by atoms with van der Waals surface area (Å²) in [5, 5.41) is 3.32. The highest BCUT2D eigenvalue weighted by Gasteiger charge is 2.10. The normalized spacial score (nSPS) is 10.5. The van der Waals surface area contributed by atoms with E-state index in [0.717, 1.165) is 10.6 Å². The van der Waals surface area contributed by atoms with Crippen LogP contribution >= 0.6 is 34.5 Å². The standard InChI is InChI=1S/C12H9Cl2NOS/c13-6-11(16)10-7-17-12(15-10)5-8-3-1-2-4-9(8)14/h1-4,7H,5-6H2. The molecule has 1 heterocycles. The number of aromatic nitrogens is 1. The highest BCUT2D eigenvalue weighted by atomic mass is 35.5. The van der Waals surface area contributed by atoms with Crippen LogP contribution in [0, 0.1) is 0 Å². The smallest absolute Gasteiger partial charge is 0.196 e. The molecule has 0 aliphatic rings. The summed E-state index contributed by atoms with van der Waals surface area (Å²) in [4.78, 5) is 15.6. The third-order valence-electron chi connectivity index (χ3n) is 2.26. The molecule has 0 aliphatic carbocycles. The lowest BCUT2D eigenvalue weighted by atomic mass is 10.1. The maximum absolute atomic E-state index is 11.3. The molecule has 5 heteroatoms. The topological polar surface area (TPSA) is 30.0 Å². The van der Waals surface area contributed by atoms with Gasteiger partial charge in [0.2, 0.25) is 0 Å². The molecule has 17 heavy (non-hydrogen) atoms. The third-order valence-corrected chi connectivity index (χ3v) is 3.72. The second kappa shape index (κ2) is 5.63. The summed E-state index contributed by atoms with van der Waals surface area (Å²) >= 11 is 13.0. The zero-order valence-electron chi connectivity index (χ0n) is 8.82. The Morgan fingerprint density at radius 1 is 1.35 bits per heavy atom. The molecule has 0 amide bonds. The van der Waals surface area contributed by atoms with Crippen molar-refractivity contribution in [2.24, 2.45) is 0 Å². The van der Waals surface area contributed by atoms with Crippen LogP contribution in [0.15, 0.2) is 29.6 Å². The van der Waals surface area contributed by atoms with Gasteiger partial charge in [0, 0.05) is 16.8 Å². The van der Waals surface area contributed by atoms with E-state index >= 15 is 0 Å². The molecule has 0 saturated carbocycles. The first kappa shape index (κ1) is 12.6. The van der Waals surface area contributed by atoms with Crippen molar-refractivity contribution in [1.29, 1.82) is 0 Å². The van der Waals surface area contributed by atoms with Gasteiger partial charge in [-0.15, -0.1) is 22.9 Å². The van der Waals surface area contributed by atoms with Gasteiger partial charge in [0.05, 0.1) is 10.9 Å². The van der Waals surface area contributed by atoms with Crippen molar-refractivity contribution in [3.05, 3.63) is 50.9 Å². The predicted octanol–water partition coefficient (Wildman–Crippen LogP) is 3.81. The second-order valence-electron chi connectivity index (χ2n) is 3.45. The highest BCUT2D eigenvalue weighted by Crippen LogP contribution is 2.21. The first-order valence-corrected chi connectivity index (χ1v) is 6.77. The van der Waals surface area contributed by atoms with Gasteiger partial charge < -0.3 is 0 Å². The van der Waals surface area contributed by atoms with Gasteiger partial charge in [-0.2, -0.15) is 0 Å². The Balaban J connectivity index is 2.17. The Morgan fingerprint density at radius 2 is 2.12 bits per heavy atom. The fourth-order valence-corrected chi connectivity index (χ4v) is 2.55. The van der Waals surface area contributed by atoms with Gasteiger partial charge in [0.1, 0.15) is 5.69 Å². The molecule has 2 rings (SSSR count). The van der Waals surface area contributed by atoms with Crippen molar-refractivity contribution < 1.29 is 4.79 Å². The minimum Gasteiger partial charge on any atom is -0.291 e. The van der Waals surface area contributed by atoms with Crippen LogP contribution < -0.4 is 0 Å². The van der Waals surface area contributed by atoms with E-state index < -0.39 is 0 Å². The molecule has 1 aromatic carbocycles. The van der Waals surface area contributed by atoms with Gasteiger partial charge in [0.15, 0.2) is 5.78 Å². The number of halogens is 2. The van der Waals surface area contributed by atoms with Crippen LogP contribution in [0.2, 0.25) is 5.02 Å². The van der Waals surface area contributed by atoms with Crippen molar-refractivity contribution in [3.63, 3.8) is 0 Å². The summed E-state index contributed by atoms with van der Waals surface area (Å²) < 4.78 is 0. The van der Waals surface area contributed by atoms with Crippen LogP contribution in [-0.4, -0.2) is 16.6 Å². The molecule has 2 nitrogen and oxygen atoms in total. The number of carbonyl (C=O) groups excluding carboxylic acids is 1. The quantitative estimate of drug-likeness (QED) is 0.632. The van der Waals surface area contributed by atoms with Crippen LogP contribution in [0.5, 0.6) is 0 Å². The maximum atomic E-state index is 11.3. The zero-order chi connectivity index (χ0) is 12.3. The van der Waals surface area contributed by atoms with Crippen LogP contribution in [-0.2, 0) is 6.42 Å². The lowest BCUT2D eigenvalue weighted by molar-refractivity contribution is 0.101. The van der Waals surface area contributed by atoms with Crippen molar-refractivity contribution in [2.75, 3.05) is 5.88 Å². The number of rotatable bonds is 4. The fraction of sp³-hybridized carbons (Fsp3) is 0.167. The van der Waals surface area contributed by atoms with E-state index in [4.69, 9.17) is 23.2 Å². The Hall–Kier alpha value is -0.900. The molecule has 0 radical (unpaired) electrons. The van der Waals surface area contributed by atoms with Crippen molar-refractivity contribution in [3.8, 4) is 0 Å². The van der Waals surface area contributed by atoms with Gasteiger partial charge in [-0.1, -0.05) is 29.8 Å². The van der Waals surface area contributed by atoms with Gasteiger partial charge in [-0.25, -0.2) is 4.98 Å². The zero-order valence-corrected chi connectivity index (χ0v) is 11.1. The molecular weight excluding hydrogens is 277 g/mol. The van der Waals surface area contributed by atoms with Crippen LogP contribution in [0.4, 0.5) is 0 Å². The molecular formula is C12H9Cl2NOS. The summed E-state index contributed by atoms with van der Waals surface area (Å²) in [5.74, 6) is -0.178. The number of hydrogen-bond donors (Lipinski definition) is 0. The highest BCUT2D eigenvalue weighted by molar-refractivity contribution is 7.09. The van der Waals surface area contributed by atoms with E-state index in [9.17, 15) is 4.79 Å². The Bertz CT molecular complexity index is 539. The number of nitrogens with zero attached hydrogens (tertiary/aromatic N) is 1. The molecule has 0 unspecified atom stereocenters. The number of benzene rings is 1. The molecule has 0 bridgehead atoms. The first-order chi connectivity index (χ1) is 8.20. The SMILES string of the molecule is O=C(CCl)c1csc(Cc2ccccc2Cl)n1. The number of alkyl halides is 1. The molecule has 0 spiro atoms. The van der Waals surface area contributed by atoms with Crippen LogP contribution in [0.1, 0.15) is 21.1 Å². The molecule has 0 fully saturated rings. The average Bonchev–Trinajstić information content (AvgIpc) is 2.80. The van der Waals surface area contributed by atoms with Gasteiger partial charge in [0.25, 0.3) is 0 Å². The van der Waals surface area contributed by atoms with E-state index in [1.54, 1.807) is 5.38 Å². The molecule has 0 saturated heterocycles. The Kier molecular flexibility index (Phi) is 4.15. The van der Waals surface area contributed by atoms with Gasteiger partial charge in [-0.3, -0.25) is 4.79 Å². The lowest BCUT2D eigenvalue weighted by Crippen LogP contribution is -2.00. The molecule has 2 aromatic rings. The van der Waals surface area contributed by atoms with E-state index in [1.807, 2.05) is 24.3 Å². The van der Waals surface area contributed by atoms with Crippen LogP contribution in [0.25, 0.3) is 0 Å². The van der Waals surface area contributed by atoms with E-state index in [2.05, 4.69) is 4.98 Å². The summed E-state index contributed by atoms with van der Waals surface area (Å²) in [6.07, 6.45) is 0.639. The van der Waals surface area contributed by atoms with Crippen molar-refractivity contribution >= 4 is 40.3 Å². The van der Waals surface area contributed by atoms with E-state index in [0.29, 0.717) is 17.1 Å². The molecule has 0 aliphatic heterocycles. The largest absolute Gasteiger partial charge is 0.291 e. The van der Waals surface area contributed by atoms with Crippen molar-refractivity contribution in [2.45, 2.75) is 6.42 Å². The Labute approximate surface area is 113 Å². The van der Waals surface area contributed by atoms with Crippen LogP contribution in [0.3, 0.4) is 0 Å². The van der Waals surface area contributed by atoms with Crippen molar-refractivity contribution in [1.82, 2.24) is 4.98 Å². The summed E-state index contributed by atoms with van der Waals surface area (Å²) in [6, 6.07) is 7.61. The minimum absolute atomic E-state index is 0.0325. The summed E-state index contributed by atoms with van der Waals surface area (Å²) in [5.41, 5.74) is 1.44. The number of Topliss-reactive ketones (excluding diaryl/α,β-unsaturated/α-hetero) is 1. The lowest BCUT2D eigenvalue weighted by Gasteiger charge is -2.00. The number of carbonyl (C=O) groups is 1. The minimum atomic E-state index is -0.145. The average molecular weight is 286 g/mol. The third kappa shape index (κ3) is 3.06. The summed E-state index contributed by atoms with van der Waals surface area (Å²) in [6.45, 7) is 0. The second-order valence-corrected chi connectivity index (χ2v) is 5.07. The monoisotopic (exact) mass is 285 g/mol. The Morgan fingerprint density at radius 3 is 2.82 bits per heavy atom. The first-order valence-electron chi connectivity index (χ1n) is 4.97. The van der Waals surface area contributed by atoms with Gasteiger partial charge in [-0.05, 0) is 11.6 Å². The van der Waals surface area contributed by atoms with Gasteiger partial charge >= 0.3 is 0 Å². The molecule has 1 aromatic heterocycles. The van der Waals surface area contributed by atoms with E-state index in [-0.39, 0.29) is 11.7 Å².